The van der Waals surface area contributed by atoms with Crippen LogP contribution in [-0.2, 0) is 0 Å². The molecule has 8 rings (SSSR count). The number of ether oxygens (including phenoxy) is 2. The SMILES string of the molecule is CN1c2nc(OC[C@@]34CCCN3C[C@H](F)C4)nc3c(F)c(-c4cc(O)cc(Cl)c4C4CC4)nc(c23)OCC2CCC21. The van der Waals surface area contributed by atoms with Crippen LogP contribution in [0.4, 0.5) is 14.6 Å². The number of aromatic hydroxyl groups is 1. The summed E-state index contributed by atoms with van der Waals surface area (Å²) in [7, 11) is 1.96. The van der Waals surface area contributed by atoms with Gasteiger partial charge in [0.15, 0.2) is 5.82 Å². The number of benzene rings is 1. The lowest BCUT2D eigenvalue weighted by Gasteiger charge is -2.44. The van der Waals surface area contributed by atoms with Crippen LogP contribution >= 0.6 is 11.6 Å². The van der Waals surface area contributed by atoms with Crippen LogP contribution in [0.1, 0.15) is 56.4 Å². The number of aromatic nitrogens is 3. The van der Waals surface area contributed by atoms with Gasteiger partial charge >= 0.3 is 6.01 Å². The van der Waals surface area contributed by atoms with Gasteiger partial charge < -0.3 is 19.5 Å². The molecule has 216 valence electrons. The average molecular weight is 584 g/mol. The van der Waals surface area contributed by atoms with Crippen molar-refractivity contribution in [2.24, 2.45) is 5.92 Å². The lowest BCUT2D eigenvalue weighted by molar-refractivity contribution is 0.107. The summed E-state index contributed by atoms with van der Waals surface area (Å²) in [6, 6.07) is 3.26. The van der Waals surface area contributed by atoms with E-state index < -0.39 is 12.0 Å². The van der Waals surface area contributed by atoms with Crippen molar-refractivity contribution in [1.29, 1.82) is 0 Å². The molecular weight excluding hydrogens is 552 g/mol. The molecule has 2 saturated heterocycles. The molecule has 2 aromatic heterocycles. The molecule has 4 atom stereocenters. The van der Waals surface area contributed by atoms with Crippen LogP contribution in [0.3, 0.4) is 0 Å². The minimum Gasteiger partial charge on any atom is -0.508 e. The molecule has 11 heteroatoms. The molecule has 2 saturated carbocycles. The molecule has 3 aromatic rings. The lowest BCUT2D eigenvalue weighted by atomic mass is 9.79. The Morgan fingerprint density at radius 3 is 2.83 bits per heavy atom. The molecule has 0 bridgehead atoms. The molecule has 4 fully saturated rings. The van der Waals surface area contributed by atoms with Gasteiger partial charge in [-0.15, -0.1) is 0 Å². The Morgan fingerprint density at radius 2 is 2.05 bits per heavy atom. The first kappa shape index (κ1) is 25.7. The zero-order valence-electron chi connectivity index (χ0n) is 22.9. The number of halogens is 3. The first-order valence-corrected chi connectivity index (χ1v) is 15.0. The quantitative estimate of drug-likeness (QED) is 0.414. The summed E-state index contributed by atoms with van der Waals surface area (Å²) >= 11 is 6.57. The van der Waals surface area contributed by atoms with Crippen LogP contribution in [0.2, 0.25) is 5.02 Å². The predicted molar refractivity (Wildman–Crippen MR) is 150 cm³/mol. The number of phenolic OH excluding ortho intramolecular Hbond substituents is 1. The van der Waals surface area contributed by atoms with Gasteiger partial charge in [0.1, 0.15) is 40.9 Å². The van der Waals surface area contributed by atoms with Crippen LogP contribution in [0, 0.1) is 11.7 Å². The van der Waals surface area contributed by atoms with Crippen molar-refractivity contribution < 1.29 is 23.4 Å². The van der Waals surface area contributed by atoms with E-state index in [2.05, 4.69) is 14.8 Å². The minimum absolute atomic E-state index is 0.0350. The molecule has 41 heavy (non-hydrogen) atoms. The normalized spacial score (nSPS) is 29.0. The smallest absolute Gasteiger partial charge is 0.319 e. The largest absolute Gasteiger partial charge is 0.508 e. The van der Waals surface area contributed by atoms with Crippen molar-refractivity contribution in [3.63, 3.8) is 0 Å². The molecule has 3 aliphatic heterocycles. The van der Waals surface area contributed by atoms with Gasteiger partial charge in [-0.05, 0) is 68.7 Å². The van der Waals surface area contributed by atoms with Crippen molar-refractivity contribution in [3.8, 4) is 28.9 Å². The van der Waals surface area contributed by atoms with E-state index in [9.17, 15) is 9.50 Å². The van der Waals surface area contributed by atoms with Gasteiger partial charge in [-0.1, -0.05) is 11.6 Å². The number of nitrogens with zero attached hydrogens (tertiary/aromatic N) is 5. The number of anilines is 1. The summed E-state index contributed by atoms with van der Waals surface area (Å²) in [5.41, 5.74) is 0.913. The summed E-state index contributed by atoms with van der Waals surface area (Å²) < 4.78 is 43.5. The Hall–Kier alpha value is -2.98. The topological polar surface area (TPSA) is 83.8 Å². The van der Waals surface area contributed by atoms with Crippen LogP contribution in [0.5, 0.6) is 17.6 Å². The molecule has 5 heterocycles. The van der Waals surface area contributed by atoms with E-state index in [4.69, 9.17) is 31.0 Å². The standard InChI is InChI=1S/C30H32ClF2N5O3/c1-37-21-6-5-16(21)13-40-28-23-26(24(33)25(34-28)19-9-18(39)10-20(31)22(19)15-3-4-15)35-29(36-27(23)37)41-14-30-7-2-8-38(30)12-17(32)11-30/h9-10,15-17,21,39H,2-8,11-14H2,1H3/t16?,17-,21?,30+/m1/s1. The Kier molecular flexibility index (Phi) is 5.81. The molecule has 1 aromatic carbocycles. The van der Waals surface area contributed by atoms with E-state index in [1.807, 2.05) is 7.05 Å². The van der Waals surface area contributed by atoms with Crippen LogP contribution < -0.4 is 14.4 Å². The summed E-state index contributed by atoms with van der Waals surface area (Å²) in [6.07, 6.45) is 5.25. The first-order chi connectivity index (χ1) is 19.8. The Morgan fingerprint density at radius 1 is 1.20 bits per heavy atom. The molecule has 0 radical (unpaired) electrons. The summed E-state index contributed by atoms with van der Waals surface area (Å²) in [4.78, 5) is 18.3. The molecular formula is C30H32ClF2N5O3. The average Bonchev–Trinajstić information content (AvgIpc) is 3.60. The molecule has 5 aliphatic rings. The van der Waals surface area contributed by atoms with Crippen molar-refractivity contribution in [2.75, 3.05) is 38.3 Å². The molecule has 1 N–H and O–H groups in total. The summed E-state index contributed by atoms with van der Waals surface area (Å²) in [5.74, 6) is 0.535. The highest BCUT2D eigenvalue weighted by molar-refractivity contribution is 6.32. The maximum Gasteiger partial charge on any atom is 0.319 e. The third-order valence-electron chi connectivity index (χ3n) is 9.94. The maximum absolute atomic E-state index is 16.7. The highest BCUT2D eigenvalue weighted by Gasteiger charge is 2.49. The third kappa shape index (κ3) is 4.04. The highest BCUT2D eigenvalue weighted by atomic mass is 35.5. The van der Waals surface area contributed by atoms with Gasteiger partial charge in [0, 0.05) is 42.6 Å². The number of alkyl halides is 1. The number of phenols is 1. The van der Waals surface area contributed by atoms with Gasteiger partial charge in [0.25, 0.3) is 0 Å². The molecule has 0 amide bonds. The monoisotopic (exact) mass is 583 g/mol. The van der Waals surface area contributed by atoms with Gasteiger partial charge in [0.05, 0.1) is 12.1 Å². The second kappa shape index (κ2) is 9.26. The van der Waals surface area contributed by atoms with Crippen LogP contribution in [0.15, 0.2) is 12.1 Å². The van der Waals surface area contributed by atoms with Crippen molar-refractivity contribution in [2.45, 2.75) is 68.6 Å². The molecule has 8 nitrogen and oxygen atoms in total. The summed E-state index contributed by atoms with van der Waals surface area (Å²) in [6.45, 7) is 1.96. The van der Waals surface area contributed by atoms with Crippen LogP contribution in [-0.4, -0.2) is 76.1 Å². The first-order valence-electron chi connectivity index (χ1n) is 14.6. The van der Waals surface area contributed by atoms with Crippen molar-refractivity contribution >= 4 is 28.3 Å². The third-order valence-corrected chi connectivity index (χ3v) is 10.3. The Balaban J connectivity index is 1.29. The van der Waals surface area contributed by atoms with E-state index in [1.54, 1.807) is 0 Å². The van der Waals surface area contributed by atoms with E-state index in [0.717, 1.165) is 50.6 Å². The number of hydrogen-bond acceptors (Lipinski definition) is 8. The van der Waals surface area contributed by atoms with E-state index in [-0.39, 0.29) is 53.0 Å². The zero-order valence-corrected chi connectivity index (χ0v) is 23.6. The second-order valence-corrected chi connectivity index (χ2v) is 12.9. The van der Waals surface area contributed by atoms with Crippen LogP contribution in [0.25, 0.3) is 22.2 Å². The number of hydrogen-bond donors (Lipinski definition) is 1. The number of pyridine rings is 1. The van der Waals surface area contributed by atoms with E-state index in [1.165, 1.54) is 12.1 Å². The molecule has 2 unspecified atom stereocenters. The minimum atomic E-state index is -0.882. The fourth-order valence-corrected chi connectivity index (χ4v) is 7.91. The van der Waals surface area contributed by atoms with Gasteiger partial charge in [-0.2, -0.15) is 9.97 Å². The van der Waals surface area contributed by atoms with Crippen molar-refractivity contribution in [1.82, 2.24) is 19.9 Å². The lowest BCUT2D eigenvalue weighted by Crippen LogP contribution is -2.49. The zero-order chi connectivity index (χ0) is 28.0. The fraction of sp³-hybridized carbons (Fsp3) is 0.567. The van der Waals surface area contributed by atoms with Gasteiger partial charge in [-0.25, -0.2) is 13.8 Å². The van der Waals surface area contributed by atoms with E-state index in [0.29, 0.717) is 47.3 Å². The van der Waals surface area contributed by atoms with E-state index >= 15 is 4.39 Å². The Bertz CT molecular complexity index is 1570. The molecule has 0 spiro atoms. The van der Waals surface area contributed by atoms with Gasteiger partial charge in [0.2, 0.25) is 5.88 Å². The van der Waals surface area contributed by atoms with Gasteiger partial charge in [-0.3, -0.25) is 4.90 Å². The maximum atomic E-state index is 16.7. The number of rotatable bonds is 5. The number of fused-ring (bicyclic) bond motifs is 2. The Labute approximate surface area is 241 Å². The predicted octanol–water partition coefficient (Wildman–Crippen LogP) is 5.63. The summed E-state index contributed by atoms with van der Waals surface area (Å²) in [5, 5.41) is 11.2. The van der Waals surface area contributed by atoms with Crippen molar-refractivity contribution in [3.05, 3.63) is 28.5 Å². The fourth-order valence-electron chi connectivity index (χ4n) is 7.54. The highest BCUT2D eigenvalue weighted by Crippen LogP contribution is 2.51. The molecule has 2 aliphatic carbocycles. The second-order valence-electron chi connectivity index (χ2n) is 12.5.